The first-order chi connectivity index (χ1) is 19.5. The van der Waals surface area contributed by atoms with E-state index in [9.17, 15) is 14.7 Å². The average Bonchev–Trinajstić information content (AvgIpc) is 3.39. The molecule has 0 radical (unpaired) electrons. The highest BCUT2D eigenvalue weighted by molar-refractivity contribution is 6.00. The summed E-state index contributed by atoms with van der Waals surface area (Å²) in [4.78, 5) is 27.7. The van der Waals surface area contributed by atoms with Gasteiger partial charge in [0.25, 0.3) is 5.91 Å². The topological polar surface area (TPSA) is 103 Å². The van der Waals surface area contributed by atoms with Crippen molar-refractivity contribution < 1.29 is 19.4 Å². The van der Waals surface area contributed by atoms with Gasteiger partial charge in [-0.2, -0.15) is 0 Å². The van der Waals surface area contributed by atoms with Gasteiger partial charge in [0.05, 0.1) is 18.8 Å². The van der Waals surface area contributed by atoms with E-state index in [0.29, 0.717) is 56.9 Å². The van der Waals surface area contributed by atoms with Gasteiger partial charge in [-0.3, -0.25) is 9.59 Å². The summed E-state index contributed by atoms with van der Waals surface area (Å²) in [6, 6.07) is 22.6. The van der Waals surface area contributed by atoms with Crippen LogP contribution in [0.25, 0.3) is 0 Å². The molecule has 40 heavy (non-hydrogen) atoms. The second-order valence-corrected chi connectivity index (χ2v) is 10.00. The van der Waals surface area contributed by atoms with Gasteiger partial charge in [-0.25, -0.2) is 0 Å². The van der Waals surface area contributed by atoms with E-state index in [1.54, 1.807) is 17.0 Å². The first-order valence-corrected chi connectivity index (χ1v) is 14.1. The molecule has 1 aliphatic heterocycles. The van der Waals surface area contributed by atoms with Crippen LogP contribution in [0.1, 0.15) is 48.2 Å². The zero-order valence-electron chi connectivity index (χ0n) is 23.4. The molecular weight excluding hydrogens is 504 g/mol. The fourth-order valence-corrected chi connectivity index (χ4v) is 4.95. The van der Waals surface area contributed by atoms with Crippen molar-refractivity contribution in [2.45, 2.75) is 51.8 Å². The predicted molar refractivity (Wildman–Crippen MR) is 159 cm³/mol. The highest BCUT2D eigenvalue weighted by Crippen LogP contribution is 2.27. The Balaban J connectivity index is 1.48. The van der Waals surface area contributed by atoms with Crippen LogP contribution in [0, 0.1) is 0 Å². The molecule has 0 aliphatic carbocycles. The van der Waals surface area contributed by atoms with Crippen LogP contribution in [0.15, 0.2) is 72.8 Å². The number of aliphatic hydroxyl groups excluding tert-OH is 1. The van der Waals surface area contributed by atoms with Crippen molar-refractivity contribution in [2.75, 3.05) is 36.5 Å². The van der Waals surface area contributed by atoms with E-state index in [2.05, 4.69) is 16.0 Å². The van der Waals surface area contributed by atoms with E-state index in [1.807, 2.05) is 74.5 Å². The standard InChI is InChI=1S/C32H40N4O4/c1-3-34-26-18-25(19-27(20-26)36-15-9-14-31(36)38)32(39)35-29(17-23-10-6-5-7-11-23)30(37)22-33-21-24-12-8-13-28(16-24)40-4-2/h5-8,10-13,16,18-20,29-30,33-34,37H,3-4,9,14-15,17,21-22H2,1-2H3,(H,35,39)/t29-,30-/m0/s1. The molecule has 0 aromatic heterocycles. The van der Waals surface area contributed by atoms with Crippen molar-refractivity contribution in [2.24, 2.45) is 0 Å². The van der Waals surface area contributed by atoms with E-state index in [0.717, 1.165) is 29.0 Å². The Bertz CT molecular complexity index is 1270. The number of carbonyl (C=O) groups is 2. The molecule has 2 amide bonds. The Hall–Kier alpha value is -3.88. The molecule has 2 atom stereocenters. The van der Waals surface area contributed by atoms with Crippen LogP contribution in [0.5, 0.6) is 5.75 Å². The van der Waals surface area contributed by atoms with Crippen LogP contribution in [0.3, 0.4) is 0 Å². The first-order valence-electron chi connectivity index (χ1n) is 14.1. The van der Waals surface area contributed by atoms with Crippen molar-refractivity contribution in [3.63, 3.8) is 0 Å². The van der Waals surface area contributed by atoms with Gasteiger partial charge in [-0.05, 0) is 68.1 Å². The highest BCUT2D eigenvalue weighted by atomic mass is 16.5. The third-order valence-corrected chi connectivity index (χ3v) is 6.92. The Morgan fingerprint density at radius 3 is 2.55 bits per heavy atom. The van der Waals surface area contributed by atoms with Gasteiger partial charge >= 0.3 is 0 Å². The molecule has 0 unspecified atom stereocenters. The molecule has 0 bridgehead atoms. The van der Waals surface area contributed by atoms with Crippen LogP contribution in [-0.4, -0.2) is 55.3 Å². The molecule has 8 nitrogen and oxygen atoms in total. The van der Waals surface area contributed by atoms with Gasteiger partial charge in [0, 0.05) is 49.5 Å². The van der Waals surface area contributed by atoms with Crippen LogP contribution in [-0.2, 0) is 17.8 Å². The van der Waals surface area contributed by atoms with Crippen LogP contribution < -0.4 is 25.6 Å². The number of nitrogens with zero attached hydrogens (tertiary/aromatic N) is 1. The number of anilines is 2. The zero-order valence-corrected chi connectivity index (χ0v) is 23.4. The number of carbonyl (C=O) groups excluding carboxylic acids is 2. The number of amides is 2. The Kier molecular flexibility index (Phi) is 10.5. The summed E-state index contributed by atoms with van der Waals surface area (Å²) >= 11 is 0. The molecule has 1 heterocycles. The van der Waals surface area contributed by atoms with Crippen molar-refractivity contribution >= 4 is 23.2 Å². The summed E-state index contributed by atoms with van der Waals surface area (Å²) in [5, 5.41) is 20.9. The smallest absolute Gasteiger partial charge is 0.251 e. The lowest BCUT2D eigenvalue weighted by Gasteiger charge is -2.25. The molecule has 4 rings (SSSR count). The van der Waals surface area contributed by atoms with Crippen molar-refractivity contribution in [1.82, 2.24) is 10.6 Å². The molecule has 8 heteroatoms. The molecule has 3 aromatic rings. The van der Waals surface area contributed by atoms with Gasteiger partial charge in [-0.1, -0.05) is 42.5 Å². The third kappa shape index (κ3) is 8.07. The summed E-state index contributed by atoms with van der Waals surface area (Å²) in [7, 11) is 0. The van der Waals surface area contributed by atoms with E-state index in [4.69, 9.17) is 4.74 Å². The van der Waals surface area contributed by atoms with Crippen molar-refractivity contribution in [3.8, 4) is 5.75 Å². The van der Waals surface area contributed by atoms with E-state index in [1.165, 1.54) is 0 Å². The predicted octanol–water partition coefficient (Wildman–Crippen LogP) is 4.14. The lowest BCUT2D eigenvalue weighted by Crippen LogP contribution is -2.48. The fraction of sp³-hybridized carbons (Fsp3) is 0.375. The Morgan fingerprint density at radius 2 is 1.82 bits per heavy atom. The zero-order chi connectivity index (χ0) is 28.3. The summed E-state index contributed by atoms with van der Waals surface area (Å²) in [5.74, 6) is 0.582. The molecule has 1 fully saturated rings. The van der Waals surface area contributed by atoms with Gasteiger partial charge < -0.3 is 30.7 Å². The highest BCUT2D eigenvalue weighted by Gasteiger charge is 2.25. The molecule has 1 aliphatic rings. The molecule has 3 aromatic carbocycles. The van der Waals surface area contributed by atoms with Gasteiger partial charge in [0.2, 0.25) is 5.91 Å². The maximum Gasteiger partial charge on any atom is 0.251 e. The number of hydrogen-bond acceptors (Lipinski definition) is 6. The lowest BCUT2D eigenvalue weighted by atomic mass is 10.00. The van der Waals surface area contributed by atoms with Crippen LogP contribution >= 0.6 is 0 Å². The maximum atomic E-state index is 13.6. The van der Waals surface area contributed by atoms with Crippen molar-refractivity contribution in [3.05, 3.63) is 89.5 Å². The summed E-state index contributed by atoms with van der Waals surface area (Å²) in [5.41, 5.74) is 3.99. The first kappa shape index (κ1) is 29.1. The Morgan fingerprint density at radius 1 is 1.02 bits per heavy atom. The van der Waals surface area contributed by atoms with E-state index < -0.39 is 12.1 Å². The number of nitrogens with one attached hydrogen (secondary N) is 3. The monoisotopic (exact) mass is 544 g/mol. The molecule has 0 saturated carbocycles. The average molecular weight is 545 g/mol. The van der Waals surface area contributed by atoms with Crippen LogP contribution in [0.2, 0.25) is 0 Å². The number of benzene rings is 3. The number of ether oxygens (including phenoxy) is 1. The van der Waals surface area contributed by atoms with Crippen LogP contribution in [0.4, 0.5) is 11.4 Å². The summed E-state index contributed by atoms with van der Waals surface area (Å²) in [6.45, 7) is 6.72. The Labute approximate surface area is 236 Å². The summed E-state index contributed by atoms with van der Waals surface area (Å²) < 4.78 is 5.58. The van der Waals surface area contributed by atoms with Gasteiger partial charge in [-0.15, -0.1) is 0 Å². The fourth-order valence-electron chi connectivity index (χ4n) is 4.95. The largest absolute Gasteiger partial charge is 0.494 e. The molecule has 4 N–H and O–H groups in total. The number of hydrogen-bond donors (Lipinski definition) is 4. The molecule has 0 spiro atoms. The minimum atomic E-state index is -0.837. The normalized spacial score (nSPS) is 14.6. The number of rotatable bonds is 14. The van der Waals surface area contributed by atoms with E-state index in [-0.39, 0.29) is 11.8 Å². The molecular formula is C32H40N4O4. The minimum absolute atomic E-state index is 0.0650. The molecule has 1 saturated heterocycles. The lowest BCUT2D eigenvalue weighted by molar-refractivity contribution is -0.117. The van der Waals surface area contributed by atoms with Gasteiger partial charge in [0.1, 0.15) is 5.75 Å². The quantitative estimate of drug-likeness (QED) is 0.243. The third-order valence-electron chi connectivity index (χ3n) is 6.92. The van der Waals surface area contributed by atoms with E-state index >= 15 is 0 Å². The summed E-state index contributed by atoms with van der Waals surface area (Å²) in [6.07, 6.45) is 0.955. The number of aliphatic hydroxyl groups is 1. The SMILES string of the molecule is CCNc1cc(C(=O)N[C@@H](Cc2ccccc2)[C@@H](O)CNCc2cccc(OCC)c2)cc(N2CCCC2=O)c1. The van der Waals surface area contributed by atoms with Gasteiger partial charge in [0.15, 0.2) is 0 Å². The maximum absolute atomic E-state index is 13.6. The second kappa shape index (κ2) is 14.5. The minimum Gasteiger partial charge on any atom is -0.494 e. The van der Waals surface area contributed by atoms with Crippen molar-refractivity contribution in [1.29, 1.82) is 0 Å². The second-order valence-electron chi connectivity index (χ2n) is 10.00. The molecule has 212 valence electrons.